The topological polar surface area (TPSA) is 60.7 Å². The first-order valence-electron chi connectivity index (χ1n) is 7.85. The van der Waals surface area contributed by atoms with Gasteiger partial charge in [-0.1, -0.05) is 12.1 Å². The van der Waals surface area contributed by atoms with Crippen molar-refractivity contribution in [1.29, 1.82) is 0 Å². The first kappa shape index (κ1) is 17.3. The highest BCUT2D eigenvalue weighted by Gasteiger charge is 2.10. The Labute approximate surface area is 154 Å². The first-order valence-corrected chi connectivity index (χ1v) is 8.64. The minimum Gasteiger partial charge on any atom is -0.493 e. The Kier molecular flexibility index (Phi) is 5.23. The maximum Gasteiger partial charge on any atom is 0.224 e. The zero-order valence-corrected chi connectivity index (χ0v) is 15.9. The number of hydrazone groups is 1. The molecule has 2 aromatic carbocycles. The van der Waals surface area contributed by atoms with E-state index in [4.69, 9.17) is 9.47 Å². The van der Waals surface area contributed by atoms with Crippen molar-refractivity contribution in [3.05, 3.63) is 46.4 Å². The number of aromatic nitrogens is 2. The fourth-order valence-electron chi connectivity index (χ4n) is 2.51. The fourth-order valence-corrected chi connectivity index (χ4v) is 3.08. The Balaban J connectivity index is 1.82. The molecule has 0 atom stereocenters. The van der Waals surface area contributed by atoms with Crippen molar-refractivity contribution in [2.24, 2.45) is 12.1 Å². The highest BCUT2D eigenvalue weighted by atomic mass is 79.9. The standard InChI is InChI=1S/C18H19BrN4O2/c1-4-25-17-13(19)9-12(10-16(17)24-3)11-20-22-18-21-14-7-5-6-8-15(14)23(18)2/h5-11H,4H2,1-3H3,(H,21,22)/b20-11-. The zero-order chi connectivity index (χ0) is 17.8. The highest BCUT2D eigenvalue weighted by molar-refractivity contribution is 9.10. The van der Waals surface area contributed by atoms with Gasteiger partial charge in [-0.3, -0.25) is 0 Å². The molecule has 0 amide bonds. The summed E-state index contributed by atoms with van der Waals surface area (Å²) in [4.78, 5) is 4.52. The molecule has 0 spiro atoms. The summed E-state index contributed by atoms with van der Waals surface area (Å²) in [6.45, 7) is 2.50. The van der Waals surface area contributed by atoms with Gasteiger partial charge in [0.1, 0.15) is 0 Å². The fraction of sp³-hybridized carbons (Fsp3) is 0.222. The van der Waals surface area contributed by atoms with Gasteiger partial charge in [-0.25, -0.2) is 10.4 Å². The number of nitrogens with one attached hydrogen (secondary N) is 1. The number of hydrogen-bond acceptors (Lipinski definition) is 5. The van der Waals surface area contributed by atoms with Gasteiger partial charge in [-0.05, 0) is 52.7 Å². The lowest BCUT2D eigenvalue weighted by atomic mass is 10.2. The molecule has 3 rings (SSSR count). The predicted octanol–water partition coefficient (Wildman–Crippen LogP) is 4.19. The number of halogens is 1. The van der Waals surface area contributed by atoms with Gasteiger partial charge in [0.2, 0.25) is 5.95 Å². The van der Waals surface area contributed by atoms with Gasteiger partial charge in [0.05, 0.1) is 35.4 Å². The molecule has 0 aliphatic carbocycles. The Morgan fingerprint density at radius 1 is 1.32 bits per heavy atom. The number of imidazole rings is 1. The van der Waals surface area contributed by atoms with Crippen LogP contribution in [0.15, 0.2) is 46.0 Å². The minimum atomic E-state index is 0.566. The number of nitrogens with zero attached hydrogens (tertiary/aromatic N) is 3. The van der Waals surface area contributed by atoms with Gasteiger partial charge < -0.3 is 14.0 Å². The summed E-state index contributed by atoms with van der Waals surface area (Å²) in [6.07, 6.45) is 1.71. The van der Waals surface area contributed by atoms with Crippen LogP contribution in [-0.2, 0) is 7.05 Å². The van der Waals surface area contributed by atoms with Gasteiger partial charge in [-0.15, -0.1) is 0 Å². The molecular formula is C18H19BrN4O2. The molecule has 0 unspecified atom stereocenters. The monoisotopic (exact) mass is 402 g/mol. The quantitative estimate of drug-likeness (QED) is 0.495. The number of rotatable bonds is 6. The second-order valence-corrected chi connectivity index (χ2v) is 6.17. The Hall–Kier alpha value is -2.54. The molecule has 7 heteroatoms. The van der Waals surface area contributed by atoms with E-state index in [1.807, 2.05) is 54.9 Å². The molecule has 1 N–H and O–H groups in total. The van der Waals surface area contributed by atoms with Gasteiger partial charge in [-0.2, -0.15) is 5.10 Å². The van der Waals surface area contributed by atoms with Gasteiger partial charge in [0.15, 0.2) is 11.5 Å². The third kappa shape index (κ3) is 3.61. The van der Waals surface area contributed by atoms with Crippen molar-refractivity contribution in [1.82, 2.24) is 9.55 Å². The van der Waals surface area contributed by atoms with Crippen molar-refractivity contribution >= 4 is 39.1 Å². The maximum absolute atomic E-state index is 5.59. The molecule has 0 saturated heterocycles. The predicted molar refractivity (Wildman–Crippen MR) is 104 cm³/mol. The molecule has 0 fully saturated rings. The van der Waals surface area contributed by atoms with Crippen LogP contribution in [0.1, 0.15) is 12.5 Å². The first-order chi connectivity index (χ1) is 12.1. The van der Waals surface area contributed by atoms with E-state index in [0.717, 1.165) is 21.1 Å². The van der Waals surface area contributed by atoms with Crippen molar-refractivity contribution in [3.8, 4) is 11.5 Å². The van der Waals surface area contributed by atoms with Crippen molar-refractivity contribution < 1.29 is 9.47 Å². The number of fused-ring (bicyclic) bond motifs is 1. The van der Waals surface area contributed by atoms with Gasteiger partial charge in [0.25, 0.3) is 0 Å². The number of benzene rings is 2. The summed E-state index contributed by atoms with van der Waals surface area (Å²) in [5.41, 5.74) is 5.83. The largest absolute Gasteiger partial charge is 0.493 e. The number of methoxy groups -OCH3 is 1. The average molecular weight is 403 g/mol. The summed E-state index contributed by atoms with van der Waals surface area (Å²) < 4.78 is 13.8. The van der Waals surface area contributed by atoms with E-state index in [9.17, 15) is 0 Å². The van der Waals surface area contributed by atoms with Gasteiger partial charge >= 0.3 is 0 Å². The molecule has 0 bridgehead atoms. The van der Waals surface area contributed by atoms with Crippen LogP contribution in [0.4, 0.5) is 5.95 Å². The summed E-state index contributed by atoms with van der Waals surface area (Å²) in [6, 6.07) is 11.7. The lowest BCUT2D eigenvalue weighted by Crippen LogP contribution is -2.00. The second-order valence-electron chi connectivity index (χ2n) is 5.32. The molecule has 1 aromatic heterocycles. The van der Waals surface area contributed by atoms with Crippen LogP contribution in [0.25, 0.3) is 11.0 Å². The molecule has 0 aliphatic rings. The lowest BCUT2D eigenvalue weighted by molar-refractivity contribution is 0.309. The summed E-state index contributed by atoms with van der Waals surface area (Å²) >= 11 is 3.51. The van der Waals surface area contributed by atoms with E-state index in [1.54, 1.807) is 13.3 Å². The molecule has 1 heterocycles. The zero-order valence-electron chi connectivity index (χ0n) is 14.3. The number of hydrogen-bond donors (Lipinski definition) is 1. The highest BCUT2D eigenvalue weighted by Crippen LogP contribution is 2.36. The van der Waals surface area contributed by atoms with Crippen LogP contribution in [0.2, 0.25) is 0 Å². The Morgan fingerprint density at radius 2 is 2.12 bits per heavy atom. The van der Waals surface area contributed by atoms with E-state index in [-0.39, 0.29) is 0 Å². The smallest absolute Gasteiger partial charge is 0.224 e. The summed E-state index contributed by atoms with van der Waals surface area (Å²) in [7, 11) is 3.56. The molecule has 6 nitrogen and oxygen atoms in total. The summed E-state index contributed by atoms with van der Waals surface area (Å²) in [5.74, 6) is 2.01. The van der Waals surface area contributed by atoms with E-state index < -0.39 is 0 Å². The van der Waals surface area contributed by atoms with E-state index in [0.29, 0.717) is 24.1 Å². The van der Waals surface area contributed by atoms with Crippen molar-refractivity contribution in [2.45, 2.75) is 6.92 Å². The Bertz CT molecular complexity index is 921. The molecule has 0 saturated carbocycles. The number of aryl methyl sites for hydroxylation is 1. The number of anilines is 1. The van der Waals surface area contributed by atoms with Crippen LogP contribution in [-0.4, -0.2) is 29.5 Å². The number of para-hydroxylation sites is 2. The van der Waals surface area contributed by atoms with Gasteiger partial charge in [0, 0.05) is 7.05 Å². The molecule has 0 radical (unpaired) electrons. The summed E-state index contributed by atoms with van der Waals surface area (Å²) in [5, 5.41) is 4.28. The van der Waals surface area contributed by atoms with Crippen LogP contribution < -0.4 is 14.9 Å². The van der Waals surface area contributed by atoms with Crippen LogP contribution >= 0.6 is 15.9 Å². The molecular weight excluding hydrogens is 384 g/mol. The van der Waals surface area contributed by atoms with E-state index in [2.05, 4.69) is 31.4 Å². The third-order valence-electron chi connectivity index (χ3n) is 3.71. The van der Waals surface area contributed by atoms with Crippen molar-refractivity contribution in [2.75, 3.05) is 19.1 Å². The van der Waals surface area contributed by atoms with Crippen LogP contribution in [0.5, 0.6) is 11.5 Å². The molecule has 0 aliphatic heterocycles. The SMILES string of the molecule is CCOc1c(Br)cc(/C=N\Nc2nc3ccccc3n2C)cc1OC. The number of ether oxygens (including phenoxy) is 2. The molecule has 3 aromatic rings. The minimum absolute atomic E-state index is 0.566. The maximum atomic E-state index is 5.59. The van der Waals surface area contributed by atoms with E-state index >= 15 is 0 Å². The second kappa shape index (κ2) is 7.57. The van der Waals surface area contributed by atoms with Crippen molar-refractivity contribution in [3.63, 3.8) is 0 Å². The van der Waals surface area contributed by atoms with Crippen LogP contribution in [0, 0.1) is 0 Å². The Morgan fingerprint density at radius 3 is 2.84 bits per heavy atom. The third-order valence-corrected chi connectivity index (χ3v) is 4.29. The average Bonchev–Trinajstić information content (AvgIpc) is 2.93. The normalized spacial score (nSPS) is 11.2. The van der Waals surface area contributed by atoms with E-state index in [1.165, 1.54) is 0 Å². The molecule has 25 heavy (non-hydrogen) atoms. The molecule has 130 valence electrons. The lowest BCUT2D eigenvalue weighted by Gasteiger charge is -2.11. The van der Waals surface area contributed by atoms with Crippen LogP contribution in [0.3, 0.4) is 0 Å².